The summed E-state index contributed by atoms with van der Waals surface area (Å²) in [6, 6.07) is 14.6. The van der Waals surface area contributed by atoms with E-state index in [1.807, 2.05) is 36.4 Å². The van der Waals surface area contributed by atoms with Crippen molar-refractivity contribution in [3.63, 3.8) is 0 Å². The van der Waals surface area contributed by atoms with Gasteiger partial charge in [0.15, 0.2) is 18.1 Å². The van der Waals surface area contributed by atoms with Crippen molar-refractivity contribution in [3.8, 4) is 23.0 Å². The van der Waals surface area contributed by atoms with Crippen molar-refractivity contribution in [2.75, 3.05) is 40.5 Å². The summed E-state index contributed by atoms with van der Waals surface area (Å²) in [4.78, 5) is 26.6. The van der Waals surface area contributed by atoms with Crippen molar-refractivity contribution in [1.82, 2.24) is 10.2 Å². The largest absolute Gasteiger partial charge is 0.497 e. The first kappa shape index (κ1) is 23.2. The lowest BCUT2D eigenvalue weighted by molar-refractivity contribution is -0.134. The molecule has 0 aliphatic heterocycles. The lowest BCUT2D eigenvalue weighted by atomic mass is 10.3. The Labute approximate surface area is 188 Å². The molecule has 1 saturated carbocycles. The van der Waals surface area contributed by atoms with Crippen molar-refractivity contribution in [3.05, 3.63) is 48.5 Å². The van der Waals surface area contributed by atoms with Gasteiger partial charge in [-0.15, -0.1) is 0 Å². The lowest BCUT2D eigenvalue weighted by Crippen LogP contribution is -2.40. The molecule has 0 saturated heterocycles. The first-order valence-corrected chi connectivity index (χ1v) is 10.7. The average molecular weight is 443 g/mol. The van der Waals surface area contributed by atoms with E-state index in [4.69, 9.17) is 18.9 Å². The number of para-hydroxylation sites is 2. The summed E-state index contributed by atoms with van der Waals surface area (Å²) in [6.45, 7) is 1.02. The Morgan fingerprint density at radius 3 is 2.28 bits per heavy atom. The molecule has 172 valence electrons. The number of hydrogen-bond acceptors (Lipinski definition) is 6. The maximum absolute atomic E-state index is 12.7. The molecule has 8 heteroatoms. The van der Waals surface area contributed by atoms with Gasteiger partial charge in [0.05, 0.1) is 20.8 Å². The number of carbonyl (C=O) groups excluding carboxylic acids is 2. The van der Waals surface area contributed by atoms with Crippen LogP contribution in [0.4, 0.5) is 0 Å². The van der Waals surface area contributed by atoms with Crippen LogP contribution in [0.2, 0.25) is 0 Å². The topological polar surface area (TPSA) is 86.3 Å². The fourth-order valence-electron chi connectivity index (χ4n) is 3.20. The van der Waals surface area contributed by atoms with Crippen molar-refractivity contribution in [2.45, 2.75) is 25.3 Å². The second-order valence-electron chi connectivity index (χ2n) is 7.38. The maximum Gasteiger partial charge on any atom is 0.260 e. The van der Waals surface area contributed by atoms with E-state index in [0.29, 0.717) is 36.9 Å². The van der Waals surface area contributed by atoms with Gasteiger partial charge in [-0.2, -0.15) is 0 Å². The van der Waals surface area contributed by atoms with Crippen LogP contribution in [0.1, 0.15) is 19.3 Å². The number of ether oxygens (including phenoxy) is 4. The number of nitrogens with one attached hydrogen (secondary N) is 1. The second kappa shape index (κ2) is 11.8. The number of benzene rings is 2. The van der Waals surface area contributed by atoms with Crippen LogP contribution in [-0.2, 0) is 9.59 Å². The lowest BCUT2D eigenvalue weighted by Gasteiger charge is -2.22. The van der Waals surface area contributed by atoms with Crippen molar-refractivity contribution < 1.29 is 28.5 Å². The molecule has 0 unspecified atom stereocenters. The molecule has 1 fully saturated rings. The monoisotopic (exact) mass is 442 g/mol. The number of amides is 2. The van der Waals surface area contributed by atoms with E-state index in [1.165, 1.54) is 0 Å². The van der Waals surface area contributed by atoms with Gasteiger partial charge in [0.1, 0.15) is 18.1 Å². The third-order valence-electron chi connectivity index (χ3n) is 5.06. The Bertz CT molecular complexity index is 882. The van der Waals surface area contributed by atoms with Crippen LogP contribution in [0.5, 0.6) is 23.0 Å². The van der Waals surface area contributed by atoms with Gasteiger partial charge in [-0.25, -0.2) is 0 Å². The zero-order valence-electron chi connectivity index (χ0n) is 18.5. The molecule has 1 aliphatic carbocycles. The van der Waals surface area contributed by atoms with Crippen LogP contribution in [0.25, 0.3) is 0 Å². The minimum atomic E-state index is -0.131. The minimum Gasteiger partial charge on any atom is -0.497 e. The highest BCUT2D eigenvalue weighted by Gasteiger charge is 2.32. The van der Waals surface area contributed by atoms with Crippen LogP contribution in [0.3, 0.4) is 0 Å². The van der Waals surface area contributed by atoms with E-state index in [1.54, 1.807) is 31.3 Å². The molecule has 2 amide bonds. The van der Waals surface area contributed by atoms with E-state index in [9.17, 15) is 9.59 Å². The molecule has 0 aromatic heterocycles. The third kappa shape index (κ3) is 7.08. The van der Waals surface area contributed by atoms with Gasteiger partial charge in [0.2, 0.25) is 5.91 Å². The first-order valence-electron chi connectivity index (χ1n) is 10.7. The molecule has 32 heavy (non-hydrogen) atoms. The smallest absolute Gasteiger partial charge is 0.260 e. The van der Waals surface area contributed by atoms with Gasteiger partial charge in [-0.1, -0.05) is 12.1 Å². The highest BCUT2D eigenvalue weighted by molar-refractivity contribution is 5.80. The molecular formula is C24H30N2O6. The predicted octanol–water partition coefficient (Wildman–Crippen LogP) is 2.66. The molecule has 0 heterocycles. The summed E-state index contributed by atoms with van der Waals surface area (Å²) in [7, 11) is 3.16. The van der Waals surface area contributed by atoms with Crippen LogP contribution in [0, 0.1) is 0 Å². The number of rotatable bonds is 13. The van der Waals surface area contributed by atoms with Crippen molar-refractivity contribution in [2.24, 2.45) is 0 Å². The predicted molar refractivity (Wildman–Crippen MR) is 119 cm³/mol. The Hall–Kier alpha value is -3.42. The van der Waals surface area contributed by atoms with Crippen molar-refractivity contribution >= 4 is 11.8 Å². The SMILES string of the molecule is COc1ccc(OCCNC(=O)CCN(C(=O)COc2ccccc2OC)C2CC2)cc1. The number of nitrogens with zero attached hydrogens (tertiary/aromatic N) is 1. The average Bonchev–Trinajstić information content (AvgIpc) is 3.66. The van der Waals surface area contributed by atoms with Crippen LogP contribution in [0.15, 0.2) is 48.5 Å². The highest BCUT2D eigenvalue weighted by Crippen LogP contribution is 2.28. The van der Waals surface area contributed by atoms with Crippen LogP contribution >= 0.6 is 0 Å². The van der Waals surface area contributed by atoms with Gasteiger partial charge >= 0.3 is 0 Å². The highest BCUT2D eigenvalue weighted by atomic mass is 16.5. The molecule has 2 aromatic carbocycles. The molecule has 0 atom stereocenters. The summed E-state index contributed by atoms with van der Waals surface area (Å²) >= 11 is 0. The van der Waals surface area contributed by atoms with Gasteiger partial charge in [-0.3, -0.25) is 9.59 Å². The van der Waals surface area contributed by atoms with Gasteiger partial charge < -0.3 is 29.2 Å². The molecule has 0 radical (unpaired) electrons. The zero-order valence-corrected chi connectivity index (χ0v) is 18.5. The fourth-order valence-corrected chi connectivity index (χ4v) is 3.20. The third-order valence-corrected chi connectivity index (χ3v) is 5.06. The molecule has 0 spiro atoms. The summed E-state index contributed by atoms with van der Waals surface area (Å²) in [5.41, 5.74) is 0. The van der Waals surface area contributed by atoms with E-state index < -0.39 is 0 Å². The standard InChI is InChI=1S/C24H30N2O6/c1-29-19-9-11-20(12-10-19)31-16-14-25-23(27)13-15-26(18-7-8-18)24(28)17-32-22-6-4-3-5-21(22)30-2/h3-6,9-12,18H,7-8,13-17H2,1-2H3,(H,25,27). The van der Waals surface area contributed by atoms with Gasteiger partial charge in [-0.05, 0) is 49.2 Å². The van der Waals surface area contributed by atoms with Gasteiger partial charge in [0, 0.05) is 19.0 Å². The molecule has 0 bridgehead atoms. The number of carbonyl (C=O) groups is 2. The van der Waals surface area contributed by atoms with E-state index in [-0.39, 0.29) is 30.9 Å². The Kier molecular flexibility index (Phi) is 8.60. The quantitative estimate of drug-likeness (QED) is 0.480. The molecule has 1 N–H and O–H groups in total. The van der Waals surface area contributed by atoms with Crippen molar-refractivity contribution in [1.29, 1.82) is 0 Å². The van der Waals surface area contributed by atoms with E-state index in [2.05, 4.69) is 5.32 Å². The Morgan fingerprint density at radius 1 is 0.938 bits per heavy atom. The van der Waals surface area contributed by atoms with Crippen LogP contribution < -0.4 is 24.3 Å². The first-order chi connectivity index (χ1) is 15.6. The molecule has 1 aliphatic rings. The minimum absolute atomic E-state index is 0.0891. The molecular weight excluding hydrogens is 412 g/mol. The summed E-state index contributed by atoms with van der Waals surface area (Å²) in [6.07, 6.45) is 2.15. The number of methoxy groups -OCH3 is 2. The van der Waals surface area contributed by atoms with Crippen LogP contribution in [-0.4, -0.2) is 63.3 Å². The normalized spacial score (nSPS) is 12.6. The Balaban J connectivity index is 1.37. The van der Waals surface area contributed by atoms with Gasteiger partial charge in [0.25, 0.3) is 5.91 Å². The summed E-state index contributed by atoms with van der Waals surface area (Å²) < 4.78 is 21.6. The van der Waals surface area contributed by atoms with E-state index >= 15 is 0 Å². The maximum atomic E-state index is 12.7. The number of hydrogen-bond donors (Lipinski definition) is 1. The Morgan fingerprint density at radius 2 is 1.62 bits per heavy atom. The van der Waals surface area contributed by atoms with E-state index in [0.717, 1.165) is 18.6 Å². The molecule has 8 nitrogen and oxygen atoms in total. The summed E-state index contributed by atoms with van der Waals surface area (Å²) in [5, 5.41) is 2.83. The molecule has 3 rings (SSSR count). The fraction of sp³-hybridized carbons (Fsp3) is 0.417. The second-order valence-corrected chi connectivity index (χ2v) is 7.38. The zero-order chi connectivity index (χ0) is 22.8. The summed E-state index contributed by atoms with van der Waals surface area (Å²) in [5.74, 6) is 2.32. The molecule has 2 aromatic rings.